The molecule has 0 atom stereocenters. The summed E-state index contributed by atoms with van der Waals surface area (Å²) in [6.45, 7) is 2.81. The standard InChI is InChI=1S/C14H15BrN4O2/c15-13-11(3-8-21-13)14(20)19-6-4-18(5-7-19)12-2-1-10(16)9-17-12/h1-3,8-9H,4-7,16H2. The van der Waals surface area contributed by atoms with Crippen molar-refractivity contribution in [2.45, 2.75) is 0 Å². The number of halogens is 1. The molecule has 3 rings (SSSR count). The van der Waals surface area contributed by atoms with Gasteiger partial charge in [0.2, 0.25) is 0 Å². The minimum Gasteiger partial charge on any atom is -0.457 e. The number of rotatable bonds is 2. The summed E-state index contributed by atoms with van der Waals surface area (Å²) in [6, 6.07) is 5.42. The van der Waals surface area contributed by atoms with Crippen molar-refractivity contribution in [3.63, 3.8) is 0 Å². The molecule has 0 unspecified atom stereocenters. The molecule has 7 heteroatoms. The average molecular weight is 351 g/mol. The van der Waals surface area contributed by atoms with Gasteiger partial charge >= 0.3 is 0 Å². The van der Waals surface area contributed by atoms with Crippen molar-refractivity contribution in [2.24, 2.45) is 0 Å². The topological polar surface area (TPSA) is 75.6 Å². The number of hydrogen-bond acceptors (Lipinski definition) is 5. The third-order valence-electron chi connectivity index (χ3n) is 3.51. The van der Waals surface area contributed by atoms with Crippen molar-refractivity contribution in [3.8, 4) is 0 Å². The lowest BCUT2D eigenvalue weighted by molar-refractivity contribution is 0.0744. The van der Waals surface area contributed by atoms with Gasteiger partial charge in [0.25, 0.3) is 5.91 Å². The van der Waals surface area contributed by atoms with E-state index in [4.69, 9.17) is 10.2 Å². The Morgan fingerprint density at radius 1 is 1.24 bits per heavy atom. The fraction of sp³-hybridized carbons (Fsp3) is 0.286. The number of nitrogens with two attached hydrogens (primary N) is 1. The third-order valence-corrected chi connectivity index (χ3v) is 4.12. The number of hydrogen-bond donors (Lipinski definition) is 1. The van der Waals surface area contributed by atoms with Gasteiger partial charge in [-0.05, 0) is 34.1 Å². The Morgan fingerprint density at radius 3 is 2.57 bits per heavy atom. The minimum absolute atomic E-state index is 0.0134. The molecule has 0 aromatic carbocycles. The Kier molecular flexibility index (Phi) is 3.83. The van der Waals surface area contributed by atoms with Crippen molar-refractivity contribution < 1.29 is 9.21 Å². The van der Waals surface area contributed by atoms with E-state index >= 15 is 0 Å². The van der Waals surface area contributed by atoms with E-state index in [0.717, 1.165) is 18.9 Å². The maximum absolute atomic E-state index is 12.4. The maximum atomic E-state index is 12.4. The number of amides is 1. The Bertz CT molecular complexity index is 633. The third kappa shape index (κ3) is 2.87. The number of carbonyl (C=O) groups is 1. The van der Waals surface area contributed by atoms with Crippen LogP contribution in [0.4, 0.5) is 11.5 Å². The molecule has 3 heterocycles. The van der Waals surface area contributed by atoms with Crippen molar-refractivity contribution in [1.82, 2.24) is 9.88 Å². The summed E-state index contributed by atoms with van der Waals surface area (Å²) in [7, 11) is 0. The van der Waals surface area contributed by atoms with Crippen LogP contribution in [0.1, 0.15) is 10.4 Å². The largest absolute Gasteiger partial charge is 0.457 e. The molecule has 110 valence electrons. The number of anilines is 2. The lowest BCUT2D eigenvalue weighted by atomic mass is 10.2. The Balaban J connectivity index is 1.64. The highest BCUT2D eigenvalue weighted by Gasteiger charge is 2.25. The molecule has 0 spiro atoms. The van der Waals surface area contributed by atoms with Crippen LogP contribution in [-0.2, 0) is 0 Å². The highest BCUT2D eigenvalue weighted by atomic mass is 79.9. The molecule has 2 N–H and O–H groups in total. The zero-order chi connectivity index (χ0) is 14.8. The predicted octanol–water partition coefficient (Wildman–Crippen LogP) is 1.98. The van der Waals surface area contributed by atoms with Crippen LogP contribution >= 0.6 is 15.9 Å². The molecule has 2 aromatic heterocycles. The van der Waals surface area contributed by atoms with Crippen LogP contribution in [0.25, 0.3) is 0 Å². The summed E-state index contributed by atoms with van der Waals surface area (Å²) in [6.07, 6.45) is 3.15. The molecule has 0 saturated carbocycles. The SMILES string of the molecule is Nc1ccc(N2CCN(C(=O)c3ccoc3Br)CC2)nc1. The van der Waals surface area contributed by atoms with Crippen molar-refractivity contribution in [3.05, 3.63) is 40.9 Å². The first kappa shape index (κ1) is 13.9. The Morgan fingerprint density at radius 2 is 2.00 bits per heavy atom. The van der Waals surface area contributed by atoms with Crippen molar-refractivity contribution in [1.29, 1.82) is 0 Å². The first-order chi connectivity index (χ1) is 10.1. The van der Waals surface area contributed by atoms with Crippen molar-refractivity contribution in [2.75, 3.05) is 36.8 Å². The molecule has 6 nitrogen and oxygen atoms in total. The second kappa shape index (κ2) is 5.77. The molecule has 1 aliphatic rings. The smallest absolute Gasteiger partial charge is 0.258 e. The highest BCUT2D eigenvalue weighted by Crippen LogP contribution is 2.21. The van der Waals surface area contributed by atoms with Gasteiger partial charge in [0.05, 0.1) is 23.7 Å². The molecule has 1 saturated heterocycles. The van der Waals surface area contributed by atoms with E-state index in [1.807, 2.05) is 17.0 Å². The van der Waals surface area contributed by atoms with Crippen LogP contribution < -0.4 is 10.6 Å². The highest BCUT2D eigenvalue weighted by molar-refractivity contribution is 9.10. The second-order valence-corrected chi connectivity index (χ2v) is 5.56. The molecular weight excluding hydrogens is 336 g/mol. The summed E-state index contributed by atoms with van der Waals surface area (Å²) in [5, 5.41) is 0. The fourth-order valence-corrected chi connectivity index (χ4v) is 2.75. The molecule has 21 heavy (non-hydrogen) atoms. The van der Waals surface area contributed by atoms with Crippen molar-refractivity contribution >= 4 is 33.3 Å². The summed E-state index contributed by atoms with van der Waals surface area (Å²) >= 11 is 3.24. The first-order valence-electron chi connectivity index (χ1n) is 6.64. The van der Waals surface area contributed by atoms with E-state index in [0.29, 0.717) is 29.0 Å². The lowest BCUT2D eigenvalue weighted by Crippen LogP contribution is -2.49. The van der Waals surface area contributed by atoms with Gasteiger partial charge in [-0.15, -0.1) is 0 Å². The predicted molar refractivity (Wildman–Crippen MR) is 83.2 cm³/mol. The van der Waals surface area contributed by atoms with Crippen LogP contribution in [0.15, 0.2) is 39.7 Å². The van der Waals surface area contributed by atoms with E-state index in [-0.39, 0.29) is 5.91 Å². The zero-order valence-corrected chi connectivity index (χ0v) is 12.9. The Labute approximate surface area is 130 Å². The first-order valence-corrected chi connectivity index (χ1v) is 7.43. The van der Waals surface area contributed by atoms with Crippen LogP contribution in [0.3, 0.4) is 0 Å². The molecule has 0 bridgehead atoms. The molecule has 1 aliphatic heterocycles. The van der Waals surface area contributed by atoms with Gasteiger partial charge < -0.3 is 20.0 Å². The lowest BCUT2D eigenvalue weighted by Gasteiger charge is -2.35. The summed E-state index contributed by atoms with van der Waals surface area (Å²) in [5.74, 6) is 0.876. The molecule has 0 radical (unpaired) electrons. The zero-order valence-electron chi connectivity index (χ0n) is 11.3. The molecule has 1 fully saturated rings. The van der Waals surface area contributed by atoms with Crippen LogP contribution in [-0.4, -0.2) is 42.0 Å². The number of carbonyl (C=O) groups excluding carboxylic acids is 1. The molecule has 0 aliphatic carbocycles. The number of aromatic nitrogens is 1. The van der Waals surface area contributed by atoms with Gasteiger partial charge in [-0.25, -0.2) is 4.98 Å². The maximum Gasteiger partial charge on any atom is 0.258 e. The van der Waals surface area contributed by atoms with Crippen LogP contribution in [0.2, 0.25) is 0 Å². The molecule has 2 aromatic rings. The van der Waals surface area contributed by atoms with Gasteiger partial charge in [0.15, 0.2) is 4.67 Å². The second-order valence-electron chi connectivity index (χ2n) is 4.84. The number of pyridine rings is 1. The summed E-state index contributed by atoms with van der Waals surface area (Å²) < 4.78 is 5.60. The van der Waals surface area contributed by atoms with Gasteiger partial charge in [0, 0.05) is 26.2 Å². The van der Waals surface area contributed by atoms with Crippen LogP contribution in [0, 0.1) is 0 Å². The van der Waals surface area contributed by atoms with E-state index in [9.17, 15) is 4.79 Å². The average Bonchev–Trinajstić information content (AvgIpc) is 2.94. The summed E-state index contributed by atoms with van der Waals surface area (Å²) in [5.41, 5.74) is 6.85. The monoisotopic (exact) mass is 350 g/mol. The number of nitrogen functional groups attached to an aromatic ring is 1. The fourth-order valence-electron chi connectivity index (χ4n) is 2.34. The van der Waals surface area contributed by atoms with Gasteiger partial charge in [-0.3, -0.25) is 4.79 Å². The van der Waals surface area contributed by atoms with E-state index in [1.54, 1.807) is 12.3 Å². The number of nitrogens with zero attached hydrogens (tertiary/aromatic N) is 3. The summed E-state index contributed by atoms with van der Waals surface area (Å²) in [4.78, 5) is 20.6. The van der Waals surface area contributed by atoms with Gasteiger partial charge in [0.1, 0.15) is 5.82 Å². The van der Waals surface area contributed by atoms with E-state index < -0.39 is 0 Å². The molecular formula is C14H15BrN4O2. The normalized spacial score (nSPS) is 15.3. The number of piperazine rings is 1. The Hall–Kier alpha value is -2.02. The molecule has 1 amide bonds. The quantitative estimate of drug-likeness (QED) is 0.896. The van der Waals surface area contributed by atoms with Gasteiger partial charge in [-0.1, -0.05) is 0 Å². The number of furan rings is 1. The van der Waals surface area contributed by atoms with E-state index in [1.165, 1.54) is 6.26 Å². The van der Waals surface area contributed by atoms with Crippen LogP contribution in [0.5, 0.6) is 0 Å². The van der Waals surface area contributed by atoms with Gasteiger partial charge in [-0.2, -0.15) is 0 Å². The minimum atomic E-state index is -0.0134. The van der Waals surface area contributed by atoms with E-state index in [2.05, 4.69) is 25.8 Å².